The molecule has 0 aromatic heterocycles. The summed E-state index contributed by atoms with van der Waals surface area (Å²) in [7, 11) is 0. The monoisotopic (exact) mass is 321 g/mol. The summed E-state index contributed by atoms with van der Waals surface area (Å²) in [5.74, 6) is 0.547. The van der Waals surface area contributed by atoms with Crippen LogP contribution >= 0.6 is 0 Å². The fraction of sp³-hybridized carbons (Fsp3) is 0.889. The van der Waals surface area contributed by atoms with Crippen LogP contribution in [0, 0.1) is 11.3 Å². The van der Waals surface area contributed by atoms with E-state index in [1.165, 1.54) is 25.7 Å². The Hall–Kier alpha value is -1.10. The number of hydrogen-bond acceptors (Lipinski definition) is 3. The Balaban J connectivity index is 1.34. The highest BCUT2D eigenvalue weighted by atomic mass is 16.2. The van der Waals surface area contributed by atoms with Crippen LogP contribution in [0.15, 0.2) is 0 Å². The molecule has 5 heteroatoms. The van der Waals surface area contributed by atoms with E-state index in [-0.39, 0.29) is 17.7 Å². The van der Waals surface area contributed by atoms with E-state index < -0.39 is 0 Å². The van der Waals surface area contributed by atoms with E-state index in [4.69, 9.17) is 0 Å². The molecule has 2 heterocycles. The molecule has 1 aliphatic carbocycles. The van der Waals surface area contributed by atoms with Crippen molar-refractivity contribution >= 4 is 11.8 Å². The second kappa shape index (κ2) is 7.65. The van der Waals surface area contributed by atoms with Crippen molar-refractivity contribution in [3.63, 3.8) is 0 Å². The molecule has 3 rings (SSSR count). The molecule has 23 heavy (non-hydrogen) atoms. The fourth-order valence-corrected chi connectivity index (χ4v) is 4.41. The third kappa shape index (κ3) is 4.25. The molecule has 0 aromatic rings. The van der Waals surface area contributed by atoms with Crippen molar-refractivity contribution in [3.05, 3.63) is 0 Å². The van der Waals surface area contributed by atoms with Crippen LogP contribution in [0.5, 0.6) is 0 Å². The Bertz CT molecular complexity index is 416. The predicted molar refractivity (Wildman–Crippen MR) is 89.9 cm³/mol. The van der Waals surface area contributed by atoms with Crippen LogP contribution in [0.25, 0.3) is 0 Å². The molecule has 0 bridgehead atoms. The van der Waals surface area contributed by atoms with Gasteiger partial charge in [0.05, 0.1) is 0 Å². The smallest absolute Gasteiger partial charge is 0.224 e. The Morgan fingerprint density at radius 2 is 1.83 bits per heavy atom. The summed E-state index contributed by atoms with van der Waals surface area (Å²) < 4.78 is 0. The van der Waals surface area contributed by atoms with Crippen molar-refractivity contribution < 1.29 is 9.59 Å². The number of piperidine rings is 1. The number of nitrogens with one attached hydrogen (secondary N) is 2. The van der Waals surface area contributed by atoms with E-state index in [9.17, 15) is 9.59 Å². The maximum Gasteiger partial charge on any atom is 0.224 e. The topological polar surface area (TPSA) is 61.4 Å². The zero-order valence-corrected chi connectivity index (χ0v) is 14.2. The second-order valence-corrected chi connectivity index (χ2v) is 7.68. The fourth-order valence-electron chi connectivity index (χ4n) is 4.41. The van der Waals surface area contributed by atoms with Crippen LogP contribution in [0.1, 0.15) is 57.8 Å². The van der Waals surface area contributed by atoms with E-state index in [1.807, 2.05) is 4.90 Å². The third-order valence-corrected chi connectivity index (χ3v) is 6.12. The van der Waals surface area contributed by atoms with Gasteiger partial charge in [-0.25, -0.2) is 0 Å². The average molecular weight is 321 g/mol. The maximum atomic E-state index is 12.3. The molecule has 0 aromatic carbocycles. The number of amides is 2. The number of carbonyl (C=O) groups excluding carboxylic acids is 2. The lowest BCUT2D eigenvalue weighted by Gasteiger charge is -2.39. The SMILES string of the molecule is O=C(NCCC(=O)N1CCC2(CCNC2)CC1)C1CCCCC1. The standard InChI is InChI=1S/C18H31N3O2/c22-16(6-10-20-17(23)15-4-2-1-3-5-15)21-12-8-18(9-13-21)7-11-19-14-18/h15,19H,1-14H2,(H,20,23). The molecular formula is C18H31N3O2. The van der Waals surface area contributed by atoms with Gasteiger partial charge >= 0.3 is 0 Å². The molecule has 0 atom stereocenters. The zero-order chi connectivity index (χ0) is 16.1. The van der Waals surface area contributed by atoms with Crippen LogP contribution in [0.2, 0.25) is 0 Å². The lowest BCUT2D eigenvalue weighted by Crippen LogP contribution is -2.45. The van der Waals surface area contributed by atoms with Gasteiger partial charge < -0.3 is 15.5 Å². The van der Waals surface area contributed by atoms with Gasteiger partial charge in [0.1, 0.15) is 0 Å². The quantitative estimate of drug-likeness (QED) is 0.828. The molecule has 5 nitrogen and oxygen atoms in total. The number of rotatable bonds is 4. The summed E-state index contributed by atoms with van der Waals surface area (Å²) in [6.07, 6.45) is 9.58. The van der Waals surface area contributed by atoms with Crippen molar-refractivity contribution in [2.45, 2.75) is 57.8 Å². The van der Waals surface area contributed by atoms with Gasteiger partial charge in [0.15, 0.2) is 0 Å². The normalized spacial score (nSPS) is 24.8. The van der Waals surface area contributed by atoms with Crippen LogP contribution in [0.4, 0.5) is 0 Å². The minimum absolute atomic E-state index is 0.159. The molecule has 1 spiro atoms. The van der Waals surface area contributed by atoms with Gasteiger partial charge in [0.2, 0.25) is 11.8 Å². The zero-order valence-electron chi connectivity index (χ0n) is 14.2. The number of nitrogens with zero attached hydrogens (tertiary/aromatic N) is 1. The number of carbonyl (C=O) groups is 2. The summed E-state index contributed by atoms with van der Waals surface area (Å²) >= 11 is 0. The minimum atomic E-state index is 0.159. The molecule has 3 aliphatic rings. The lowest BCUT2D eigenvalue weighted by molar-refractivity contribution is -0.133. The van der Waals surface area contributed by atoms with Gasteiger partial charge in [-0.2, -0.15) is 0 Å². The molecule has 1 saturated carbocycles. The van der Waals surface area contributed by atoms with Crippen molar-refractivity contribution in [2.75, 3.05) is 32.7 Å². The van der Waals surface area contributed by atoms with E-state index in [0.29, 0.717) is 18.4 Å². The third-order valence-electron chi connectivity index (χ3n) is 6.12. The van der Waals surface area contributed by atoms with Crippen LogP contribution < -0.4 is 10.6 Å². The van der Waals surface area contributed by atoms with Crippen molar-refractivity contribution in [1.29, 1.82) is 0 Å². The molecule has 2 N–H and O–H groups in total. The summed E-state index contributed by atoms with van der Waals surface area (Å²) in [6.45, 7) is 4.51. The van der Waals surface area contributed by atoms with Crippen LogP contribution in [-0.4, -0.2) is 49.4 Å². The first kappa shape index (κ1) is 16.7. The lowest BCUT2D eigenvalue weighted by atomic mass is 9.78. The van der Waals surface area contributed by atoms with Gasteiger partial charge in [0.25, 0.3) is 0 Å². The average Bonchev–Trinajstić information content (AvgIpc) is 3.04. The molecule has 0 radical (unpaired) electrons. The largest absolute Gasteiger partial charge is 0.355 e. The van der Waals surface area contributed by atoms with E-state index in [1.54, 1.807) is 0 Å². The van der Waals surface area contributed by atoms with Crippen molar-refractivity contribution in [2.24, 2.45) is 11.3 Å². The number of hydrogen-bond donors (Lipinski definition) is 2. The molecule has 3 fully saturated rings. The van der Waals surface area contributed by atoms with Gasteiger partial charge in [-0.3, -0.25) is 9.59 Å². The minimum Gasteiger partial charge on any atom is -0.355 e. The highest BCUT2D eigenvalue weighted by molar-refractivity contribution is 5.80. The summed E-state index contributed by atoms with van der Waals surface area (Å²) in [5, 5.41) is 6.43. The van der Waals surface area contributed by atoms with Crippen LogP contribution in [0.3, 0.4) is 0 Å². The summed E-state index contributed by atoms with van der Waals surface area (Å²) in [5.41, 5.74) is 0.450. The summed E-state index contributed by atoms with van der Waals surface area (Å²) in [6, 6.07) is 0. The van der Waals surface area contributed by atoms with E-state index >= 15 is 0 Å². The first-order valence-corrected chi connectivity index (χ1v) is 9.45. The van der Waals surface area contributed by atoms with Gasteiger partial charge in [0, 0.05) is 38.5 Å². The van der Waals surface area contributed by atoms with Crippen molar-refractivity contribution in [3.8, 4) is 0 Å². The second-order valence-electron chi connectivity index (χ2n) is 7.68. The Morgan fingerprint density at radius 1 is 1.09 bits per heavy atom. The first-order chi connectivity index (χ1) is 11.2. The highest BCUT2D eigenvalue weighted by Gasteiger charge is 2.37. The first-order valence-electron chi connectivity index (χ1n) is 9.45. The predicted octanol–water partition coefficient (Wildman–Crippen LogP) is 1.68. The molecule has 2 saturated heterocycles. The molecule has 130 valence electrons. The molecular weight excluding hydrogens is 290 g/mol. The Labute approximate surface area is 139 Å². The van der Waals surface area contributed by atoms with Gasteiger partial charge in [-0.05, 0) is 44.1 Å². The number of likely N-dealkylation sites (tertiary alicyclic amines) is 1. The van der Waals surface area contributed by atoms with Crippen molar-refractivity contribution in [1.82, 2.24) is 15.5 Å². The van der Waals surface area contributed by atoms with Crippen LogP contribution in [-0.2, 0) is 9.59 Å². The van der Waals surface area contributed by atoms with E-state index in [0.717, 1.165) is 51.9 Å². The summed E-state index contributed by atoms with van der Waals surface area (Å²) in [4.78, 5) is 26.4. The molecule has 0 unspecified atom stereocenters. The maximum absolute atomic E-state index is 12.3. The molecule has 2 amide bonds. The Morgan fingerprint density at radius 3 is 2.48 bits per heavy atom. The van der Waals surface area contributed by atoms with E-state index in [2.05, 4.69) is 10.6 Å². The van der Waals surface area contributed by atoms with Gasteiger partial charge in [-0.1, -0.05) is 19.3 Å². The Kier molecular flexibility index (Phi) is 5.57. The molecule has 2 aliphatic heterocycles. The highest BCUT2D eigenvalue weighted by Crippen LogP contribution is 2.36. The van der Waals surface area contributed by atoms with Gasteiger partial charge in [-0.15, -0.1) is 0 Å².